The monoisotopic (exact) mass is 480 g/mol. The summed E-state index contributed by atoms with van der Waals surface area (Å²) in [4.78, 5) is 25.7. The van der Waals surface area contributed by atoms with Crippen molar-refractivity contribution in [1.82, 2.24) is 0 Å². The fourth-order valence-corrected chi connectivity index (χ4v) is 5.31. The molecule has 0 aromatic heterocycles. The van der Waals surface area contributed by atoms with Gasteiger partial charge in [-0.25, -0.2) is 0 Å². The lowest BCUT2D eigenvalue weighted by Gasteiger charge is -2.56. The number of aromatic hydroxyl groups is 2. The number of fused-ring (bicyclic) bond motifs is 2. The van der Waals surface area contributed by atoms with Gasteiger partial charge in [0, 0.05) is 18.1 Å². The fourth-order valence-electron chi connectivity index (χ4n) is 4.50. The number of ketones is 2. The number of rotatable bonds is 5. The summed E-state index contributed by atoms with van der Waals surface area (Å²) in [5, 5.41) is 19.7. The summed E-state index contributed by atoms with van der Waals surface area (Å²) in [7, 11) is 0. The SMILES string of the molecule is CC(C)=CCC/C(C)=C/CC12OC(C)(C)C(Cl)C[C@]1(Cl)C(=O)c1c(O)cc(O)cc1C2=O. The molecule has 1 aliphatic heterocycles. The maximum absolute atomic E-state index is 13.9. The Hall–Kier alpha value is -1.82. The summed E-state index contributed by atoms with van der Waals surface area (Å²) in [6, 6.07) is 2.21. The Morgan fingerprint density at radius 1 is 1.16 bits per heavy atom. The predicted octanol–water partition coefficient (Wildman–Crippen LogP) is 6.08. The van der Waals surface area contributed by atoms with Crippen LogP contribution in [0.3, 0.4) is 0 Å². The highest BCUT2D eigenvalue weighted by Gasteiger charge is 2.70. The van der Waals surface area contributed by atoms with E-state index in [0.717, 1.165) is 24.5 Å². The van der Waals surface area contributed by atoms with Gasteiger partial charge in [0.25, 0.3) is 0 Å². The average molecular weight is 481 g/mol. The Bertz CT molecular complexity index is 1020. The second-order valence-corrected chi connectivity index (χ2v) is 10.8. The fraction of sp³-hybridized carbons (Fsp3) is 0.520. The Morgan fingerprint density at radius 3 is 2.44 bits per heavy atom. The molecule has 3 rings (SSSR count). The van der Waals surface area contributed by atoms with Gasteiger partial charge in [0.2, 0.25) is 0 Å². The first-order chi connectivity index (χ1) is 14.7. The molecule has 2 aliphatic rings. The van der Waals surface area contributed by atoms with Crippen LogP contribution in [0.2, 0.25) is 0 Å². The molecule has 1 fully saturated rings. The number of Topliss-reactive ketones (excluding diaryl/α,β-unsaturated/α-hetero) is 2. The summed E-state index contributed by atoms with van der Waals surface area (Å²) in [5.41, 5.74) is -0.680. The van der Waals surface area contributed by atoms with E-state index in [4.69, 9.17) is 27.9 Å². The summed E-state index contributed by atoms with van der Waals surface area (Å²) in [6.45, 7) is 9.57. The van der Waals surface area contributed by atoms with Gasteiger partial charge < -0.3 is 14.9 Å². The lowest BCUT2D eigenvalue weighted by molar-refractivity contribution is -0.157. The van der Waals surface area contributed by atoms with Gasteiger partial charge in [0.15, 0.2) is 17.2 Å². The molecule has 0 bridgehead atoms. The van der Waals surface area contributed by atoms with Crippen molar-refractivity contribution in [2.75, 3.05) is 0 Å². The van der Waals surface area contributed by atoms with E-state index in [1.165, 1.54) is 11.6 Å². The van der Waals surface area contributed by atoms with E-state index in [-0.39, 0.29) is 29.7 Å². The molecule has 2 N–H and O–H groups in total. The molecule has 1 aliphatic carbocycles. The number of alkyl halides is 2. The van der Waals surface area contributed by atoms with Gasteiger partial charge in [-0.15, -0.1) is 23.2 Å². The number of carbonyl (C=O) groups excluding carboxylic acids is 2. The van der Waals surface area contributed by atoms with E-state index < -0.39 is 38.8 Å². The normalized spacial score (nSPS) is 29.3. The number of phenols is 2. The van der Waals surface area contributed by atoms with Crippen molar-refractivity contribution in [2.24, 2.45) is 0 Å². The van der Waals surface area contributed by atoms with E-state index in [0.29, 0.717) is 0 Å². The molecule has 0 saturated carbocycles. The second kappa shape index (κ2) is 8.51. The highest BCUT2D eigenvalue weighted by atomic mass is 35.5. The molecule has 3 atom stereocenters. The molecule has 174 valence electrons. The first kappa shape index (κ1) is 24.8. The van der Waals surface area contributed by atoms with E-state index in [1.807, 2.05) is 26.8 Å². The van der Waals surface area contributed by atoms with Crippen LogP contribution in [-0.4, -0.2) is 43.2 Å². The topological polar surface area (TPSA) is 83.8 Å². The largest absolute Gasteiger partial charge is 0.508 e. The van der Waals surface area contributed by atoms with E-state index >= 15 is 0 Å². The highest BCUT2D eigenvalue weighted by Crippen LogP contribution is 2.56. The first-order valence-corrected chi connectivity index (χ1v) is 11.5. The summed E-state index contributed by atoms with van der Waals surface area (Å²) in [6.07, 6.45) is 5.74. The summed E-state index contributed by atoms with van der Waals surface area (Å²) >= 11 is 13.5. The van der Waals surface area contributed by atoms with Crippen LogP contribution in [0.1, 0.15) is 81.0 Å². The minimum atomic E-state index is -1.79. The molecule has 1 heterocycles. The third kappa shape index (κ3) is 4.00. The molecule has 1 saturated heterocycles. The van der Waals surface area contributed by atoms with E-state index in [2.05, 4.69) is 6.08 Å². The van der Waals surface area contributed by atoms with Crippen molar-refractivity contribution in [3.05, 3.63) is 46.6 Å². The quantitative estimate of drug-likeness (QED) is 0.393. The van der Waals surface area contributed by atoms with Crippen LogP contribution >= 0.6 is 23.2 Å². The van der Waals surface area contributed by atoms with Crippen molar-refractivity contribution in [2.45, 2.75) is 81.8 Å². The molecular weight excluding hydrogens is 451 g/mol. The standard InChI is InChI=1S/C25H30Cl2O5/c1-14(2)7-6-8-15(3)9-10-25-21(30)17-11-16(28)12-18(29)20(17)22(31)24(25,27)13-19(26)23(4,5)32-25/h7,9,11-12,19,28-29H,6,8,10,13H2,1-5H3/b15-9+/t19?,24-,25?/m0/s1. The smallest absolute Gasteiger partial charge is 0.198 e. The van der Waals surface area contributed by atoms with Crippen LogP contribution in [0.25, 0.3) is 0 Å². The Kier molecular flexibility index (Phi) is 6.60. The zero-order chi connectivity index (χ0) is 24.1. The van der Waals surface area contributed by atoms with Crippen molar-refractivity contribution in [1.29, 1.82) is 0 Å². The molecule has 0 radical (unpaired) electrons. The minimum Gasteiger partial charge on any atom is -0.508 e. The molecule has 0 amide bonds. The summed E-state index contributed by atoms with van der Waals surface area (Å²) in [5.74, 6) is -1.98. The number of carbonyl (C=O) groups is 2. The minimum absolute atomic E-state index is 0.00189. The maximum Gasteiger partial charge on any atom is 0.198 e. The predicted molar refractivity (Wildman–Crippen MR) is 126 cm³/mol. The van der Waals surface area contributed by atoms with Crippen molar-refractivity contribution in [3.8, 4) is 11.5 Å². The van der Waals surface area contributed by atoms with Crippen LogP contribution in [0.15, 0.2) is 35.4 Å². The number of allylic oxidation sites excluding steroid dienone is 3. The molecule has 2 unspecified atom stereocenters. The Morgan fingerprint density at radius 2 is 1.81 bits per heavy atom. The van der Waals surface area contributed by atoms with Crippen LogP contribution in [0.5, 0.6) is 11.5 Å². The van der Waals surface area contributed by atoms with Gasteiger partial charge in [-0.2, -0.15) is 0 Å². The van der Waals surface area contributed by atoms with Crippen LogP contribution in [-0.2, 0) is 4.74 Å². The lowest BCUT2D eigenvalue weighted by Crippen LogP contribution is -2.72. The first-order valence-electron chi connectivity index (χ1n) is 10.7. The average Bonchev–Trinajstić information content (AvgIpc) is 2.67. The van der Waals surface area contributed by atoms with Crippen LogP contribution < -0.4 is 0 Å². The van der Waals surface area contributed by atoms with Gasteiger partial charge in [-0.1, -0.05) is 23.3 Å². The molecule has 0 spiro atoms. The number of phenolic OH excluding ortho intramolecular Hbond substituents is 2. The van der Waals surface area contributed by atoms with Crippen molar-refractivity contribution in [3.63, 3.8) is 0 Å². The number of ether oxygens (including phenoxy) is 1. The van der Waals surface area contributed by atoms with E-state index in [1.54, 1.807) is 13.8 Å². The highest BCUT2D eigenvalue weighted by molar-refractivity contribution is 6.45. The molecule has 5 nitrogen and oxygen atoms in total. The number of halogens is 2. The van der Waals surface area contributed by atoms with Gasteiger partial charge in [-0.3, -0.25) is 9.59 Å². The van der Waals surface area contributed by atoms with Crippen molar-refractivity contribution >= 4 is 34.8 Å². The third-order valence-electron chi connectivity index (χ3n) is 6.42. The number of hydrogen-bond donors (Lipinski definition) is 2. The molecular formula is C25H30Cl2O5. The Labute approximate surface area is 199 Å². The number of benzene rings is 1. The second-order valence-electron chi connectivity index (χ2n) is 9.63. The zero-order valence-electron chi connectivity index (χ0n) is 19.1. The van der Waals surface area contributed by atoms with E-state index in [9.17, 15) is 19.8 Å². The molecule has 32 heavy (non-hydrogen) atoms. The van der Waals surface area contributed by atoms with Crippen LogP contribution in [0.4, 0.5) is 0 Å². The zero-order valence-corrected chi connectivity index (χ0v) is 20.6. The van der Waals surface area contributed by atoms with Gasteiger partial charge in [-0.05, 0) is 59.9 Å². The summed E-state index contributed by atoms with van der Waals surface area (Å²) < 4.78 is 6.34. The molecule has 7 heteroatoms. The Balaban J connectivity index is 2.14. The van der Waals surface area contributed by atoms with Crippen LogP contribution in [0, 0.1) is 0 Å². The van der Waals surface area contributed by atoms with Gasteiger partial charge >= 0.3 is 0 Å². The third-order valence-corrected chi connectivity index (χ3v) is 7.73. The number of hydrogen-bond acceptors (Lipinski definition) is 5. The maximum atomic E-state index is 13.9. The lowest BCUT2D eigenvalue weighted by atomic mass is 9.63. The van der Waals surface area contributed by atoms with Gasteiger partial charge in [0.05, 0.1) is 16.5 Å². The molecule has 1 aromatic rings. The molecule has 1 aromatic carbocycles. The van der Waals surface area contributed by atoms with Gasteiger partial charge in [0.1, 0.15) is 16.4 Å². The van der Waals surface area contributed by atoms with Crippen molar-refractivity contribution < 1.29 is 24.5 Å².